The number of rotatable bonds is 8. The molecule has 8 nitrogen and oxygen atoms in total. The highest BCUT2D eigenvalue weighted by Gasteiger charge is 2.24. The Morgan fingerprint density at radius 1 is 1.41 bits per heavy atom. The molecule has 146 valence electrons. The molecular formula is C18H25N5O3S. The molecule has 0 aliphatic carbocycles. The van der Waals surface area contributed by atoms with Crippen LogP contribution in [0.15, 0.2) is 5.38 Å². The quantitative estimate of drug-likeness (QED) is 0.738. The zero-order valence-electron chi connectivity index (χ0n) is 15.9. The number of hydrogen-bond acceptors (Lipinski definition) is 6. The number of carbonyl (C=O) groups is 2. The molecule has 2 aromatic heterocycles. The van der Waals surface area contributed by atoms with E-state index in [4.69, 9.17) is 4.74 Å². The van der Waals surface area contributed by atoms with Crippen LogP contribution in [0.1, 0.15) is 35.5 Å². The van der Waals surface area contributed by atoms with Gasteiger partial charge in [-0.15, -0.1) is 11.3 Å². The summed E-state index contributed by atoms with van der Waals surface area (Å²) in [5.74, 6) is 0.0137. The number of methoxy groups -OCH3 is 1. The number of aromatic nitrogens is 3. The maximum absolute atomic E-state index is 12.3. The van der Waals surface area contributed by atoms with Gasteiger partial charge in [-0.3, -0.25) is 19.2 Å². The topological polar surface area (TPSA) is 89.4 Å². The fraction of sp³-hybridized carbons (Fsp3) is 0.556. The van der Waals surface area contributed by atoms with E-state index < -0.39 is 0 Å². The first-order chi connectivity index (χ1) is 13.0. The lowest BCUT2D eigenvalue weighted by Crippen LogP contribution is -2.26. The van der Waals surface area contributed by atoms with Crippen LogP contribution in [-0.4, -0.2) is 46.8 Å². The molecule has 27 heavy (non-hydrogen) atoms. The van der Waals surface area contributed by atoms with Gasteiger partial charge in [0.1, 0.15) is 0 Å². The van der Waals surface area contributed by atoms with Crippen LogP contribution in [0.2, 0.25) is 0 Å². The molecule has 0 radical (unpaired) electrons. The number of anilines is 1. The molecule has 0 saturated carbocycles. The Hall–Kier alpha value is -2.26. The largest absolute Gasteiger partial charge is 0.383 e. The van der Waals surface area contributed by atoms with Crippen LogP contribution < -0.4 is 10.2 Å². The summed E-state index contributed by atoms with van der Waals surface area (Å²) in [5.41, 5.74) is 3.67. The lowest BCUT2D eigenvalue weighted by Gasteiger charge is -2.10. The number of thiazole rings is 1. The lowest BCUT2D eigenvalue weighted by molar-refractivity contribution is -0.120. The molecule has 3 heterocycles. The van der Waals surface area contributed by atoms with Crippen molar-refractivity contribution >= 4 is 28.3 Å². The molecule has 2 amide bonds. The third kappa shape index (κ3) is 4.54. The molecule has 0 atom stereocenters. The molecule has 2 aromatic rings. The first-order valence-electron chi connectivity index (χ1n) is 9.03. The Morgan fingerprint density at radius 3 is 2.93 bits per heavy atom. The van der Waals surface area contributed by atoms with Gasteiger partial charge < -0.3 is 10.1 Å². The third-order valence-electron chi connectivity index (χ3n) is 4.69. The molecule has 1 saturated heterocycles. The standard InChI is InChI=1S/C18H25N5O3S/c1-12-15(13(2)23(21-12)7-8-26-3)10-19-16(24)9-14-11-27-18(20-14)22-6-4-5-17(22)25/h11H,4-10H2,1-3H3,(H,19,24). The number of hydrogen-bond donors (Lipinski definition) is 1. The molecular weight excluding hydrogens is 366 g/mol. The minimum Gasteiger partial charge on any atom is -0.383 e. The van der Waals surface area contributed by atoms with Gasteiger partial charge in [-0.05, 0) is 20.3 Å². The zero-order valence-corrected chi connectivity index (χ0v) is 16.8. The summed E-state index contributed by atoms with van der Waals surface area (Å²) in [6, 6.07) is 0. The molecule has 1 fully saturated rings. The van der Waals surface area contributed by atoms with Gasteiger partial charge in [0.2, 0.25) is 11.8 Å². The molecule has 1 N–H and O–H groups in total. The van der Waals surface area contributed by atoms with E-state index in [2.05, 4.69) is 15.4 Å². The van der Waals surface area contributed by atoms with Crippen LogP contribution in [0, 0.1) is 13.8 Å². The number of nitrogens with zero attached hydrogens (tertiary/aromatic N) is 4. The summed E-state index contributed by atoms with van der Waals surface area (Å²) in [4.78, 5) is 30.2. The van der Waals surface area contributed by atoms with Crippen molar-refractivity contribution in [3.63, 3.8) is 0 Å². The molecule has 0 aromatic carbocycles. The third-order valence-corrected chi connectivity index (χ3v) is 5.60. The van der Waals surface area contributed by atoms with E-state index >= 15 is 0 Å². The van der Waals surface area contributed by atoms with E-state index in [1.165, 1.54) is 11.3 Å². The van der Waals surface area contributed by atoms with Gasteiger partial charge in [0.15, 0.2) is 5.13 Å². The van der Waals surface area contributed by atoms with Crippen molar-refractivity contribution in [2.75, 3.05) is 25.2 Å². The number of ether oxygens (including phenoxy) is 1. The predicted molar refractivity (Wildman–Crippen MR) is 103 cm³/mol. The summed E-state index contributed by atoms with van der Waals surface area (Å²) >= 11 is 1.41. The van der Waals surface area contributed by atoms with E-state index in [0.29, 0.717) is 43.5 Å². The maximum Gasteiger partial charge on any atom is 0.228 e. The number of nitrogens with one attached hydrogen (secondary N) is 1. The normalized spacial score (nSPS) is 14.2. The highest BCUT2D eigenvalue weighted by Crippen LogP contribution is 2.25. The van der Waals surface area contributed by atoms with Crippen molar-refractivity contribution < 1.29 is 14.3 Å². The van der Waals surface area contributed by atoms with Crippen molar-refractivity contribution in [1.82, 2.24) is 20.1 Å². The maximum atomic E-state index is 12.3. The fourth-order valence-corrected chi connectivity index (χ4v) is 4.02. The monoisotopic (exact) mass is 391 g/mol. The minimum absolute atomic E-state index is 0.0944. The van der Waals surface area contributed by atoms with Gasteiger partial charge in [0.25, 0.3) is 0 Å². The van der Waals surface area contributed by atoms with Crippen molar-refractivity contribution in [2.24, 2.45) is 0 Å². The summed E-state index contributed by atoms with van der Waals surface area (Å²) in [6.07, 6.45) is 1.64. The van der Waals surface area contributed by atoms with Gasteiger partial charge >= 0.3 is 0 Å². The highest BCUT2D eigenvalue weighted by atomic mass is 32.1. The zero-order chi connectivity index (χ0) is 19.4. The van der Waals surface area contributed by atoms with Gasteiger partial charge in [0.05, 0.1) is 31.0 Å². The fourth-order valence-electron chi connectivity index (χ4n) is 3.15. The van der Waals surface area contributed by atoms with Crippen LogP contribution in [0.25, 0.3) is 0 Å². The Bertz CT molecular complexity index is 829. The summed E-state index contributed by atoms with van der Waals surface area (Å²) in [7, 11) is 1.66. The van der Waals surface area contributed by atoms with Crippen LogP contribution in [0.4, 0.5) is 5.13 Å². The Balaban J connectivity index is 1.55. The second-order valence-electron chi connectivity index (χ2n) is 6.59. The van der Waals surface area contributed by atoms with Crippen LogP contribution in [-0.2, 0) is 33.8 Å². The molecule has 0 unspecified atom stereocenters. The second-order valence-corrected chi connectivity index (χ2v) is 7.43. The van der Waals surface area contributed by atoms with Gasteiger partial charge in [-0.1, -0.05) is 0 Å². The van der Waals surface area contributed by atoms with E-state index in [9.17, 15) is 9.59 Å². The molecule has 9 heteroatoms. The Kier molecular flexibility index (Phi) is 6.22. The Labute approximate surface area is 162 Å². The molecule has 0 spiro atoms. The molecule has 0 bridgehead atoms. The van der Waals surface area contributed by atoms with E-state index in [-0.39, 0.29) is 18.2 Å². The van der Waals surface area contributed by atoms with Crippen LogP contribution in [0.5, 0.6) is 0 Å². The average molecular weight is 391 g/mol. The smallest absolute Gasteiger partial charge is 0.228 e. The van der Waals surface area contributed by atoms with Crippen molar-refractivity contribution in [3.05, 3.63) is 28.0 Å². The average Bonchev–Trinajstić information content (AvgIpc) is 3.32. The van der Waals surface area contributed by atoms with Crippen molar-refractivity contribution in [2.45, 2.75) is 46.2 Å². The van der Waals surface area contributed by atoms with Crippen LogP contribution in [0.3, 0.4) is 0 Å². The lowest BCUT2D eigenvalue weighted by atomic mass is 10.2. The van der Waals surface area contributed by atoms with Crippen molar-refractivity contribution in [3.8, 4) is 0 Å². The first kappa shape index (κ1) is 19.5. The number of aryl methyl sites for hydroxylation is 1. The Morgan fingerprint density at radius 2 is 2.22 bits per heavy atom. The summed E-state index contributed by atoms with van der Waals surface area (Å²) in [5, 5.41) is 9.98. The number of amides is 2. The second kappa shape index (κ2) is 8.62. The van der Waals surface area contributed by atoms with Gasteiger partial charge in [-0.25, -0.2) is 4.98 Å². The summed E-state index contributed by atoms with van der Waals surface area (Å²) < 4.78 is 7.00. The van der Waals surface area contributed by atoms with Gasteiger partial charge in [-0.2, -0.15) is 5.10 Å². The first-order valence-corrected chi connectivity index (χ1v) is 9.91. The van der Waals surface area contributed by atoms with E-state index in [1.54, 1.807) is 12.0 Å². The number of carbonyl (C=O) groups excluding carboxylic acids is 2. The molecule has 3 rings (SSSR count). The molecule has 1 aliphatic rings. The SMILES string of the molecule is COCCn1nc(C)c(CNC(=O)Cc2csc(N3CCCC3=O)n2)c1C. The minimum atomic E-state index is -0.0944. The van der Waals surface area contributed by atoms with Gasteiger partial charge in [0, 0.05) is 43.3 Å². The van der Waals surface area contributed by atoms with E-state index in [1.807, 2.05) is 23.9 Å². The predicted octanol–water partition coefficient (Wildman–Crippen LogP) is 1.59. The summed E-state index contributed by atoms with van der Waals surface area (Å²) in [6.45, 7) is 6.37. The molecule has 1 aliphatic heterocycles. The highest BCUT2D eigenvalue weighted by molar-refractivity contribution is 7.14. The van der Waals surface area contributed by atoms with Crippen LogP contribution >= 0.6 is 11.3 Å². The van der Waals surface area contributed by atoms with E-state index in [0.717, 1.165) is 23.4 Å². The van der Waals surface area contributed by atoms with Crippen molar-refractivity contribution in [1.29, 1.82) is 0 Å².